The molecule has 0 saturated carbocycles. The molecular weight excluding hydrogens is 186 g/mol. The molecule has 0 spiro atoms. The predicted molar refractivity (Wildman–Crippen MR) is 58.1 cm³/mol. The van der Waals surface area contributed by atoms with Crippen LogP contribution in [0.3, 0.4) is 0 Å². The molecule has 3 nitrogen and oxygen atoms in total. The number of nitrogens with two attached hydrogens (primary N) is 1. The molecule has 0 saturated heterocycles. The fraction of sp³-hybridized carbons (Fsp3) is 0.222. The lowest BCUT2D eigenvalue weighted by atomic mass is 10.2. The monoisotopic (exact) mass is 199 g/mol. The smallest absolute Gasteiger partial charge is 0.150 e. The van der Waals surface area contributed by atoms with Gasteiger partial charge in [-0.25, -0.2) is 0 Å². The van der Waals surface area contributed by atoms with Crippen molar-refractivity contribution in [1.82, 2.24) is 5.43 Å². The Hall–Kier alpha value is -1.22. The summed E-state index contributed by atoms with van der Waals surface area (Å²) in [5.41, 5.74) is 9.42. The number of hydrogen-bond acceptors (Lipinski definition) is 2. The molecule has 0 aromatic heterocycles. The maximum Gasteiger partial charge on any atom is 0.150 e. The van der Waals surface area contributed by atoms with E-state index in [-0.39, 0.29) is 12.4 Å². The van der Waals surface area contributed by atoms with Crippen LogP contribution in [-0.2, 0) is 0 Å². The third-order valence-corrected chi connectivity index (χ3v) is 1.43. The first-order valence-corrected chi connectivity index (χ1v) is 3.96. The van der Waals surface area contributed by atoms with Crippen LogP contribution < -0.4 is 11.2 Å². The molecule has 3 N–H and O–H groups in total. The Kier molecular flexibility index (Phi) is 5.72. The Labute approximate surface area is 84.4 Å². The highest BCUT2D eigenvalue weighted by molar-refractivity contribution is 5.97. The predicted octanol–water partition coefficient (Wildman–Crippen LogP) is 1.34. The number of nitrogens with one attached hydrogen (secondary N) is 1. The van der Waals surface area contributed by atoms with Crippen molar-refractivity contribution in [1.29, 1.82) is 0 Å². The van der Waals surface area contributed by atoms with E-state index < -0.39 is 0 Å². The molecule has 0 aliphatic rings. The lowest BCUT2D eigenvalue weighted by molar-refractivity contribution is 0.782. The van der Waals surface area contributed by atoms with Gasteiger partial charge in [0.25, 0.3) is 0 Å². The van der Waals surface area contributed by atoms with Crippen LogP contribution in [0.1, 0.15) is 12.5 Å². The average Bonchev–Trinajstić information content (AvgIpc) is 2.15. The zero-order valence-corrected chi connectivity index (χ0v) is 8.34. The molecule has 4 heteroatoms. The van der Waals surface area contributed by atoms with Gasteiger partial charge >= 0.3 is 0 Å². The van der Waals surface area contributed by atoms with Crippen molar-refractivity contribution in [2.45, 2.75) is 6.92 Å². The molecule has 0 fully saturated rings. The summed E-state index contributed by atoms with van der Waals surface area (Å²) < 4.78 is 0. The summed E-state index contributed by atoms with van der Waals surface area (Å²) in [7, 11) is 0. The Morgan fingerprint density at radius 3 is 2.54 bits per heavy atom. The van der Waals surface area contributed by atoms with Gasteiger partial charge in [-0.1, -0.05) is 30.3 Å². The molecule has 0 unspecified atom stereocenters. The van der Waals surface area contributed by atoms with Crippen molar-refractivity contribution in [3.63, 3.8) is 0 Å². The fourth-order valence-electron chi connectivity index (χ4n) is 0.838. The van der Waals surface area contributed by atoms with Crippen LogP contribution in [0.25, 0.3) is 0 Å². The van der Waals surface area contributed by atoms with Crippen LogP contribution in [0.2, 0.25) is 0 Å². The summed E-state index contributed by atoms with van der Waals surface area (Å²) in [5, 5.41) is 3.96. The molecule has 0 heterocycles. The number of hydrogen-bond donors (Lipinski definition) is 2. The molecule has 72 valence electrons. The lowest BCUT2D eigenvalue weighted by Crippen LogP contribution is -2.18. The molecule has 0 amide bonds. The van der Waals surface area contributed by atoms with E-state index in [0.717, 1.165) is 12.1 Å². The van der Waals surface area contributed by atoms with Gasteiger partial charge in [-0.05, 0) is 6.92 Å². The van der Waals surface area contributed by atoms with Gasteiger partial charge < -0.3 is 11.2 Å². The highest BCUT2D eigenvalue weighted by Gasteiger charge is 1.93. The van der Waals surface area contributed by atoms with E-state index in [1.807, 2.05) is 37.3 Å². The third kappa shape index (κ3) is 3.80. The van der Waals surface area contributed by atoms with Gasteiger partial charge in [0.2, 0.25) is 0 Å². The highest BCUT2D eigenvalue weighted by Crippen LogP contribution is 1.96. The molecule has 0 radical (unpaired) electrons. The van der Waals surface area contributed by atoms with E-state index in [0.29, 0.717) is 5.84 Å². The minimum atomic E-state index is 0. The van der Waals surface area contributed by atoms with Gasteiger partial charge in [0, 0.05) is 12.1 Å². The summed E-state index contributed by atoms with van der Waals surface area (Å²) in [6, 6.07) is 9.67. The van der Waals surface area contributed by atoms with Crippen LogP contribution in [0.15, 0.2) is 35.4 Å². The van der Waals surface area contributed by atoms with Crippen molar-refractivity contribution in [3.8, 4) is 0 Å². The highest BCUT2D eigenvalue weighted by atomic mass is 35.5. The quantitative estimate of drug-likeness (QED) is 0.439. The first-order chi connectivity index (χ1) is 5.84. The maximum absolute atomic E-state index is 5.67. The number of benzene rings is 1. The molecule has 0 atom stereocenters. The number of rotatable bonds is 3. The van der Waals surface area contributed by atoms with E-state index in [4.69, 9.17) is 5.73 Å². The first kappa shape index (κ1) is 11.8. The maximum atomic E-state index is 5.67. The van der Waals surface area contributed by atoms with E-state index in [2.05, 4.69) is 10.5 Å². The molecule has 0 bridgehead atoms. The summed E-state index contributed by atoms with van der Waals surface area (Å²) in [5.74, 6) is 0.525. The summed E-state index contributed by atoms with van der Waals surface area (Å²) in [6.45, 7) is 2.76. The van der Waals surface area contributed by atoms with E-state index >= 15 is 0 Å². The minimum absolute atomic E-state index is 0. The zero-order valence-electron chi connectivity index (χ0n) is 7.53. The molecule has 0 aliphatic carbocycles. The van der Waals surface area contributed by atoms with E-state index in [1.165, 1.54) is 0 Å². The van der Waals surface area contributed by atoms with Crippen molar-refractivity contribution in [2.24, 2.45) is 10.8 Å². The minimum Gasteiger partial charge on any atom is -0.382 e. The fourth-order valence-corrected chi connectivity index (χ4v) is 0.838. The van der Waals surface area contributed by atoms with Crippen LogP contribution in [0, 0.1) is 0 Å². The second-order valence-corrected chi connectivity index (χ2v) is 2.37. The van der Waals surface area contributed by atoms with Crippen molar-refractivity contribution >= 4 is 18.2 Å². The van der Waals surface area contributed by atoms with Crippen molar-refractivity contribution in [3.05, 3.63) is 35.9 Å². The van der Waals surface area contributed by atoms with Gasteiger partial charge in [0.05, 0.1) is 0 Å². The number of halogens is 1. The zero-order chi connectivity index (χ0) is 8.81. The van der Waals surface area contributed by atoms with Gasteiger partial charge in [0.1, 0.15) is 0 Å². The van der Waals surface area contributed by atoms with E-state index in [9.17, 15) is 0 Å². The topological polar surface area (TPSA) is 50.4 Å². The Bertz CT molecular complexity index is 259. The van der Waals surface area contributed by atoms with Crippen LogP contribution >= 0.6 is 12.4 Å². The summed E-state index contributed by atoms with van der Waals surface area (Å²) in [4.78, 5) is 0. The average molecular weight is 200 g/mol. The molecule has 1 aromatic rings. The van der Waals surface area contributed by atoms with Gasteiger partial charge in [-0.15, -0.1) is 12.4 Å². The number of hydrazone groups is 1. The summed E-state index contributed by atoms with van der Waals surface area (Å²) >= 11 is 0. The Morgan fingerprint density at radius 1 is 1.38 bits per heavy atom. The largest absolute Gasteiger partial charge is 0.382 e. The first-order valence-electron chi connectivity index (χ1n) is 3.96. The molecule has 1 rings (SSSR count). The van der Waals surface area contributed by atoms with Crippen LogP contribution in [0.5, 0.6) is 0 Å². The number of amidine groups is 1. The van der Waals surface area contributed by atoms with Crippen molar-refractivity contribution in [2.75, 3.05) is 6.54 Å². The summed E-state index contributed by atoms with van der Waals surface area (Å²) in [6.07, 6.45) is 0. The molecular formula is C9H14ClN3. The van der Waals surface area contributed by atoms with Gasteiger partial charge in [-0.2, -0.15) is 5.10 Å². The number of nitrogens with zero attached hydrogens (tertiary/aromatic N) is 1. The van der Waals surface area contributed by atoms with Crippen LogP contribution in [0.4, 0.5) is 0 Å². The molecule has 13 heavy (non-hydrogen) atoms. The molecule has 1 aromatic carbocycles. The normalized spacial score (nSPS) is 10.4. The second-order valence-electron chi connectivity index (χ2n) is 2.37. The Balaban J connectivity index is 0.00000144. The lowest BCUT2D eigenvalue weighted by Gasteiger charge is -1.99. The Morgan fingerprint density at radius 2 is 2.00 bits per heavy atom. The standard InChI is InChI=1S/C9H13N3.ClH/c1-2-11-12-9(10)8-6-4-3-5-7-8;/h3-7,11H,2H2,1H3,(H2,10,12);1H. The second kappa shape index (κ2) is 6.31. The van der Waals surface area contributed by atoms with Gasteiger partial charge in [0.15, 0.2) is 5.84 Å². The SMILES string of the molecule is CCNN=C(N)c1ccccc1.Cl. The van der Waals surface area contributed by atoms with Crippen molar-refractivity contribution < 1.29 is 0 Å². The van der Waals surface area contributed by atoms with Gasteiger partial charge in [-0.3, -0.25) is 0 Å². The van der Waals surface area contributed by atoms with Crippen LogP contribution in [-0.4, -0.2) is 12.4 Å². The van der Waals surface area contributed by atoms with E-state index in [1.54, 1.807) is 0 Å². The molecule has 0 aliphatic heterocycles. The third-order valence-electron chi connectivity index (χ3n) is 1.43.